The summed E-state index contributed by atoms with van der Waals surface area (Å²) in [6, 6.07) is 0. The van der Waals surface area contributed by atoms with Crippen molar-refractivity contribution in [3.63, 3.8) is 0 Å². The SMILES string of the molecule is [I][V][I].[S-]I. The molecule has 0 bridgehead atoms. The van der Waals surface area contributed by atoms with E-state index in [4.69, 9.17) is 0 Å². The van der Waals surface area contributed by atoms with E-state index in [0.29, 0.717) is 9.47 Å². The number of hydrogen-bond donors (Lipinski definition) is 0. The van der Waals surface area contributed by atoms with E-state index in [9.17, 15) is 0 Å². The van der Waals surface area contributed by atoms with Gasteiger partial charge in [-0.3, -0.25) is 21.2 Å². The molecule has 0 saturated carbocycles. The number of halogens is 3. The van der Waals surface area contributed by atoms with Crippen LogP contribution in [-0.4, -0.2) is 0 Å². The first kappa shape index (κ1) is 11.0. The average Bonchev–Trinajstić information content (AvgIpc) is 1.46. The van der Waals surface area contributed by atoms with E-state index in [0.717, 1.165) is 0 Å². The zero-order valence-electron chi connectivity index (χ0n) is 1.99. The minimum Gasteiger partial charge on any atom is -0.713 e. The molecule has 0 radical (unpaired) electrons. The molecule has 0 amide bonds. The zero-order valence-corrected chi connectivity index (χ0v) is 10.7. The second kappa shape index (κ2) is 15.7. The maximum Gasteiger partial charge on any atom is -0.287 e. The molecule has 5 heavy (non-hydrogen) atoms. The van der Waals surface area contributed by atoms with Crippen LogP contribution in [0.3, 0.4) is 0 Å². The first-order chi connectivity index (χ1) is 2.41. The standard InChI is InChI=1S/IS.2HI.V/c1-2;;;/h;2*1H;/q-1;;;+2/p-2. The molecule has 0 saturated heterocycles. The Kier molecular flexibility index (Phi) is 34.5. The Balaban J connectivity index is 0. The largest absolute Gasteiger partial charge is 0.713 e. The van der Waals surface area contributed by atoms with Crippen LogP contribution in [0.1, 0.15) is 0 Å². The first-order valence-corrected chi connectivity index (χ1v) is 12.5. The topological polar surface area (TPSA) is 0 Å². The third-order valence-electron chi connectivity index (χ3n) is 0. The van der Waals surface area contributed by atoms with Crippen molar-refractivity contribution >= 4 is 71.0 Å². The van der Waals surface area contributed by atoms with E-state index < -0.39 is 0 Å². The Morgan fingerprint density at radius 3 is 1.20 bits per heavy atom. The average molecular weight is 464 g/mol. The van der Waals surface area contributed by atoms with Gasteiger partial charge < -0.3 is 9.80 Å². The zero-order chi connectivity index (χ0) is 4.71. The van der Waals surface area contributed by atoms with Gasteiger partial charge in [0, 0.05) is 0 Å². The molecule has 0 spiro atoms. The molecule has 0 aliphatic rings. The van der Waals surface area contributed by atoms with Crippen molar-refractivity contribution < 1.29 is 9.47 Å². The maximum atomic E-state index is 4.05. The Labute approximate surface area is 78.4 Å². The molecule has 0 atom stereocenters. The monoisotopic (exact) mass is 464 g/mol. The van der Waals surface area contributed by atoms with Gasteiger partial charge in [-0.1, -0.05) is 0 Å². The fourth-order valence-electron chi connectivity index (χ4n) is 0. The quantitative estimate of drug-likeness (QED) is 0.393. The molecule has 0 aliphatic heterocycles. The maximum absolute atomic E-state index is 4.05. The van der Waals surface area contributed by atoms with Crippen LogP contribution in [0.25, 0.3) is 0 Å². The van der Waals surface area contributed by atoms with E-state index >= 15 is 0 Å². The molecule has 0 aromatic heterocycles. The van der Waals surface area contributed by atoms with Crippen LogP contribution < -0.4 is 0 Å². The Bertz CT molecular complexity index is 6.85. The van der Waals surface area contributed by atoms with Gasteiger partial charge in [0.15, 0.2) is 0 Å². The molecule has 0 aromatic carbocycles. The van der Waals surface area contributed by atoms with E-state index in [1.54, 1.807) is 21.2 Å². The van der Waals surface area contributed by atoms with Gasteiger partial charge in [0.05, 0.1) is 0 Å². The molecule has 5 heteroatoms. The summed E-state index contributed by atoms with van der Waals surface area (Å²) in [5, 5.41) is 0. The minimum absolute atomic E-state index is 0.628. The summed E-state index contributed by atoms with van der Waals surface area (Å²) < 4.78 is 0. The molecule has 0 N–H and O–H groups in total. The molecule has 0 heterocycles. The fraction of sp³-hybridized carbons (Fsp3) is 0. The van der Waals surface area contributed by atoms with Gasteiger partial charge in [-0.2, -0.15) is 0 Å². The third-order valence-corrected chi connectivity index (χ3v) is 0. The van der Waals surface area contributed by atoms with Crippen molar-refractivity contribution in [1.29, 1.82) is 0 Å². The normalized spacial score (nSPS) is 4.00. The second-order valence-corrected chi connectivity index (χ2v) is 11.9. The van der Waals surface area contributed by atoms with E-state index in [1.807, 2.05) is 0 Å². The van der Waals surface area contributed by atoms with Crippen LogP contribution in [0.2, 0.25) is 0 Å². The van der Waals surface area contributed by atoms with Crippen molar-refractivity contribution in [2.75, 3.05) is 0 Å². The van der Waals surface area contributed by atoms with Crippen molar-refractivity contribution in [2.45, 2.75) is 0 Å². The minimum atomic E-state index is 0.628. The summed E-state index contributed by atoms with van der Waals surface area (Å²) in [6.45, 7) is 0. The van der Waals surface area contributed by atoms with Crippen molar-refractivity contribution in [1.82, 2.24) is 0 Å². The molecular formula is I3SV-. The van der Waals surface area contributed by atoms with Gasteiger partial charge in [-0.05, 0) is 0 Å². The van der Waals surface area contributed by atoms with Crippen LogP contribution in [0.5, 0.6) is 0 Å². The van der Waals surface area contributed by atoms with Crippen molar-refractivity contribution in [2.24, 2.45) is 0 Å². The smallest absolute Gasteiger partial charge is 0.287 e. The summed E-state index contributed by atoms with van der Waals surface area (Å²) in [6.07, 6.45) is 0. The molecule has 33 valence electrons. The summed E-state index contributed by atoms with van der Waals surface area (Å²) in [5.41, 5.74) is 0. The number of hydrogen-bond acceptors (Lipinski definition) is 1. The predicted molar refractivity (Wildman–Crippen MR) is 49.4 cm³/mol. The van der Waals surface area contributed by atoms with Crippen molar-refractivity contribution in [3.05, 3.63) is 0 Å². The van der Waals surface area contributed by atoms with Gasteiger partial charge in [0.25, 0.3) is 0 Å². The van der Waals surface area contributed by atoms with Crippen LogP contribution in [0.15, 0.2) is 0 Å². The van der Waals surface area contributed by atoms with Gasteiger partial charge in [0.1, 0.15) is 0 Å². The van der Waals surface area contributed by atoms with Gasteiger partial charge in [-0.15, -0.1) is 0 Å². The van der Waals surface area contributed by atoms with Crippen molar-refractivity contribution in [3.8, 4) is 0 Å². The summed E-state index contributed by atoms with van der Waals surface area (Å²) in [4.78, 5) is 0. The van der Waals surface area contributed by atoms with Crippen LogP contribution in [-0.2, 0) is 19.3 Å². The van der Waals surface area contributed by atoms with Crippen LogP contribution in [0.4, 0.5) is 0 Å². The molecule has 0 unspecified atom stereocenters. The van der Waals surface area contributed by atoms with Gasteiger partial charge in [0.2, 0.25) is 0 Å². The van der Waals surface area contributed by atoms with Crippen LogP contribution >= 0.6 is 61.2 Å². The molecule has 0 nitrogen and oxygen atoms in total. The third kappa shape index (κ3) is 19.2. The Morgan fingerprint density at radius 1 is 1.20 bits per heavy atom. The van der Waals surface area contributed by atoms with Gasteiger partial charge >= 0.3 is 49.4 Å². The molecule has 0 aromatic rings. The molecular weight excluding hydrogens is 464 g/mol. The fourth-order valence-corrected chi connectivity index (χ4v) is 0. The van der Waals surface area contributed by atoms with Gasteiger partial charge in [-0.25, -0.2) is 0 Å². The first-order valence-electron chi connectivity index (χ1n) is 0.492. The summed E-state index contributed by atoms with van der Waals surface area (Å²) in [7, 11) is 4.68. The van der Waals surface area contributed by atoms with E-state index in [-0.39, 0.29) is 0 Å². The summed E-state index contributed by atoms with van der Waals surface area (Å²) >= 11 is 6.47. The van der Waals surface area contributed by atoms with E-state index in [1.165, 1.54) is 0 Å². The summed E-state index contributed by atoms with van der Waals surface area (Å²) in [5.74, 6) is 0. The Morgan fingerprint density at radius 2 is 1.20 bits per heavy atom. The molecule has 0 fully saturated rings. The Hall–Kier alpha value is 3.12. The van der Waals surface area contributed by atoms with E-state index in [2.05, 4.69) is 49.8 Å². The second-order valence-electron chi connectivity index (χ2n) is 0.0639. The number of rotatable bonds is 0. The molecule has 0 aliphatic carbocycles. The predicted octanol–water partition coefficient (Wildman–Crippen LogP) is 2.65. The van der Waals surface area contributed by atoms with Crippen LogP contribution in [0, 0.1) is 0 Å². The molecule has 0 rings (SSSR count).